The highest BCUT2D eigenvalue weighted by Crippen LogP contribution is 2.73. The van der Waals surface area contributed by atoms with E-state index in [1.807, 2.05) is 6.08 Å². The van der Waals surface area contributed by atoms with Gasteiger partial charge in [-0.15, -0.1) is 0 Å². The third-order valence-corrected chi connectivity index (χ3v) is 20.2. The van der Waals surface area contributed by atoms with Gasteiger partial charge in [0.1, 0.15) is 91.6 Å². The predicted octanol–water partition coefficient (Wildman–Crippen LogP) is -1.30. The number of allylic oxidation sites excluding steroid dienone is 3. The monoisotopic (exact) mass is 1100 g/mol. The Morgan fingerprint density at radius 1 is 0.610 bits per heavy atom. The fourth-order valence-corrected chi connectivity index (χ4v) is 15.4. The molecule has 0 spiro atoms. The van der Waals surface area contributed by atoms with Crippen LogP contribution in [0.3, 0.4) is 0 Å². The largest absolute Gasteiger partial charge is 0.478 e. The van der Waals surface area contributed by atoms with Gasteiger partial charge in [0.25, 0.3) is 0 Å². The van der Waals surface area contributed by atoms with Crippen LogP contribution in [0.4, 0.5) is 0 Å². The minimum Gasteiger partial charge on any atom is -0.478 e. The molecule has 0 aromatic heterocycles. The van der Waals surface area contributed by atoms with E-state index in [2.05, 4.69) is 54.5 Å². The van der Waals surface area contributed by atoms with Crippen molar-refractivity contribution in [2.75, 3.05) is 26.4 Å². The molecule has 23 heteroatoms. The highest BCUT2D eigenvalue weighted by Gasteiger charge is 2.68. The van der Waals surface area contributed by atoms with Crippen LogP contribution in [-0.4, -0.2) is 233 Å². The van der Waals surface area contributed by atoms with E-state index in [0.29, 0.717) is 44.1 Å². The lowest BCUT2D eigenvalue weighted by atomic mass is 9.35. The number of rotatable bonds is 16. The maximum atomic E-state index is 12.8. The number of ether oxygens (including phenoxy) is 8. The van der Waals surface area contributed by atoms with Crippen molar-refractivity contribution in [2.24, 2.45) is 44.8 Å². The molecule has 23 nitrogen and oxygen atoms in total. The van der Waals surface area contributed by atoms with Gasteiger partial charge in [0.15, 0.2) is 25.2 Å². The molecular formula is C54H88O23. The summed E-state index contributed by atoms with van der Waals surface area (Å²) < 4.78 is 50.4. The fraction of sp³-hybridized carbons (Fsp3) is 0.907. The Morgan fingerprint density at radius 3 is 1.68 bits per heavy atom. The highest BCUT2D eigenvalue weighted by atomic mass is 16.8. The summed E-state index contributed by atoms with van der Waals surface area (Å²) in [5.41, 5.74) is -0.381. The number of carboxylic acid groups (broad SMARTS) is 1. The molecule has 0 aromatic rings. The standard InChI is InChI=1S/C54H88O23/c1-23-33(59)36(62)39(65)46(70-23)75-42-29(22-58)73-49(44(77-48-41(67)38(64)35(61)28(21-57)72-48)43(42)76-47-40(66)37(63)34(60)27(20-56)71-47)74-32-13-14-52(6)30(51(32,4)5)12-16-54(8)31(52)10-9-26-25(19-50(2,3)17-18-55)24(45(68)69)11-15-53(26,54)7/h9,11,23,25,27-44,46-49,55-67H,10,12-22H2,1-8H3,(H,68,69). The molecule has 27 atom stereocenters. The van der Waals surface area contributed by atoms with Crippen molar-refractivity contribution in [2.45, 2.75) is 236 Å². The van der Waals surface area contributed by atoms with Crippen molar-refractivity contribution in [1.29, 1.82) is 0 Å². The van der Waals surface area contributed by atoms with Crippen molar-refractivity contribution in [3.63, 3.8) is 0 Å². The van der Waals surface area contributed by atoms with E-state index in [1.165, 1.54) is 6.92 Å². The second-order valence-corrected chi connectivity index (χ2v) is 25.4. The molecule has 4 saturated heterocycles. The number of aliphatic hydroxyl groups is 13. The quantitative estimate of drug-likeness (QED) is 0.0631. The van der Waals surface area contributed by atoms with Crippen molar-refractivity contribution >= 4 is 5.97 Å². The number of hydrogen-bond donors (Lipinski definition) is 14. The molecule has 0 radical (unpaired) electrons. The summed E-state index contributed by atoms with van der Waals surface area (Å²) in [5, 5.41) is 151. The zero-order valence-electron chi connectivity index (χ0n) is 45.4. The molecule has 0 aromatic carbocycles. The Hall–Kier alpha value is -1.89. The maximum absolute atomic E-state index is 12.8. The first-order chi connectivity index (χ1) is 36.0. The van der Waals surface area contributed by atoms with Crippen molar-refractivity contribution in [1.82, 2.24) is 0 Å². The lowest BCUT2D eigenvalue weighted by molar-refractivity contribution is -0.414. The van der Waals surface area contributed by atoms with Gasteiger partial charge in [-0.2, -0.15) is 0 Å². The average Bonchev–Trinajstić information content (AvgIpc) is 3.37. The topological polar surface area (TPSA) is 374 Å². The van der Waals surface area contributed by atoms with Gasteiger partial charge in [0.05, 0.1) is 32.0 Å². The first-order valence-corrected chi connectivity index (χ1v) is 27.5. The molecule has 442 valence electrons. The van der Waals surface area contributed by atoms with Crippen LogP contribution < -0.4 is 0 Å². The molecule has 2 saturated carbocycles. The number of hydrogen-bond acceptors (Lipinski definition) is 22. The second-order valence-electron chi connectivity index (χ2n) is 25.4. The molecule has 8 aliphatic rings. The molecule has 4 aliphatic carbocycles. The van der Waals surface area contributed by atoms with E-state index in [-0.39, 0.29) is 46.0 Å². The number of carbonyl (C=O) groups is 1. The maximum Gasteiger partial charge on any atom is 0.331 e. The van der Waals surface area contributed by atoms with Gasteiger partial charge in [0.2, 0.25) is 0 Å². The average molecular weight is 1110 g/mol. The summed E-state index contributed by atoms with van der Waals surface area (Å²) >= 11 is 0. The van der Waals surface area contributed by atoms with Gasteiger partial charge in [-0.25, -0.2) is 4.79 Å². The zero-order valence-corrected chi connectivity index (χ0v) is 45.4. The summed E-state index contributed by atoms with van der Waals surface area (Å²) in [7, 11) is 0. The molecule has 6 fully saturated rings. The molecule has 27 unspecified atom stereocenters. The number of carboxylic acids is 1. The Labute approximate surface area is 449 Å². The third kappa shape index (κ3) is 10.8. The van der Waals surface area contributed by atoms with Crippen LogP contribution in [0.1, 0.15) is 107 Å². The van der Waals surface area contributed by atoms with Gasteiger partial charge >= 0.3 is 5.97 Å². The van der Waals surface area contributed by atoms with E-state index >= 15 is 0 Å². The van der Waals surface area contributed by atoms with E-state index < -0.39 is 160 Å². The van der Waals surface area contributed by atoms with E-state index in [4.69, 9.17) is 37.9 Å². The van der Waals surface area contributed by atoms with Gasteiger partial charge in [-0.1, -0.05) is 66.2 Å². The van der Waals surface area contributed by atoms with E-state index in [9.17, 15) is 76.3 Å². The summed E-state index contributed by atoms with van der Waals surface area (Å²) in [6.45, 7) is 14.2. The summed E-state index contributed by atoms with van der Waals surface area (Å²) in [6.07, 6.45) is -26.4. The van der Waals surface area contributed by atoms with E-state index in [0.717, 1.165) is 18.4 Å². The lowest BCUT2D eigenvalue weighted by Crippen LogP contribution is -2.69. The Morgan fingerprint density at radius 2 is 1.13 bits per heavy atom. The summed E-state index contributed by atoms with van der Waals surface area (Å²) in [6, 6.07) is 0. The van der Waals surface area contributed by atoms with Gasteiger partial charge in [-0.3, -0.25) is 0 Å². The Kier molecular flexibility index (Phi) is 18.3. The molecule has 0 bridgehead atoms. The fourth-order valence-electron chi connectivity index (χ4n) is 15.4. The molecular weight excluding hydrogens is 1020 g/mol. The van der Waals surface area contributed by atoms with Crippen molar-refractivity contribution in [3.05, 3.63) is 23.3 Å². The van der Waals surface area contributed by atoms with Crippen LogP contribution in [0.15, 0.2) is 23.3 Å². The van der Waals surface area contributed by atoms with Gasteiger partial charge in [0, 0.05) is 18.1 Å². The van der Waals surface area contributed by atoms with Crippen LogP contribution in [0.2, 0.25) is 0 Å². The van der Waals surface area contributed by atoms with Crippen LogP contribution >= 0.6 is 0 Å². The number of aliphatic hydroxyl groups excluding tert-OH is 13. The lowest BCUT2D eigenvalue weighted by Gasteiger charge is -2.70. The Bertz CT molecular complexity index is 2100. The van der Waals surface area contributed by atoms with Crippen LogP contribution in [0.5, 0.6) is 0 Å². The smallest absolute Gasteiger partial charge is 0.331 e. The van der Waals surface area contributed by atoms with Crippen molar-refractivity contribution in [3.8, 4) is 0 Å². The molecule has 8 rings (SSSR count). The molecule has 14 N–H and O–H groups in total. The molecule has 77 heavy (non-hydrogen) atoms. The molecule has 0 amide bonds. The number of aliphatic carboxylic acids is 1. The SMILES string of the molecule is CC1OC(OC2C(CO)OC(OC3CCC4(C)C(CCC5(C)C4CC=C4C(CC(C)(C)CCO)C(C(=O)O)=CCC45C)C3(C)C)C(OC3OC(CO)C(O)C(O)C3O)C2OC2OC(CO)C(O)C(O)C2O)C(O)C(O)C1O. The molecule has 4 aliphatic heterocycles. The van der Waals surface area contributed by atoms with Crippen LogP contribution in [0, 0.1) is 44.8 Å². The highest BCUT2D eigenvalue weighted by molar-refractivity contribution is 5.88. The number of fused-ring (bicyclic) bond motifs is 5. The Balaban J connectivity index is 1.15. The first kappa shape index (κ1) is 61.2. The van der Waals surface area contributed by atoms with Gasteiger partial charge in [-0.05, 0) is 97.2 Å². The van der Waals surface area contributed by atoms with E-state index in [1.54, 1.807) is 0 Å². The van der Waals surface area contributed by atoms with Crippen molar-refractivity contribution < 1.29 is 114 Å². The second kappa shape index (κ2) is 23.0. The van der Waals surface area contributed by atoms with Gasteiger partial charge < -0.3 is 109 Å². The van der Waals surface area contributed by atoms with Crippen LogP contribution in [-0.2, 0) is 42.7 Å². The summed E-state index contributed by atoms with van der Waals surface area (Å²) in [5.74, 6) is -1.10. The minimum absolute atomic E-state index is 0.00590. The summed E-state index contributed by atoms with van der Waals surface area (Å²) in [4.78, 5) is 12.8. The zero-order chi connectivity index (χ0) is 56.6. The normalized spacial score (nSPS) is 50.1. The van der Waals surface area contributed by atoms with Crippen LogP contribution in [0.25, 0.3) is 0 Å². The first-order valence-electron chi connectivity index (χ1n) is 27.5. The third-order valence-electron chi connectivity index (χ3n) is 20.2. The minimum atomic E-state index is -2.03. The molecule has 4 heterocycles. The predicted molar refractivity (Wildman–Crippen MR) is 265 cm³/mol.